The molecule has 5 rings (SSSR count). The van der Waals surface area contributed by atoms with Crippen LogP contribution in [0.5, 0.6) is 17.2 Å². The van der Waals surface area contributed by atoms with E-state index >= 15 is 0 Å². The van der Waals surface area contributed by atoms with Crippen LogP contribution in [0.2, 0.25) is 0 Å². The van der Waals surface area contributed by atoms with Crippen LogP contribution in [0.3, 0.4) is 0 Å². The molecule has 3 aromatic carbocycles. The Balaban J connectivity index is 1.08. The van der Waals surface area contributed by atoms with Gasteiger partial charge in [0, 0.05) is 6.42 Å². The Bertz CT molecular complexity index is 1070. The van der Waals surface area contributed by atoms with E-state index in [1.54, 1.807) is 36.4 Å². The number of rotatable bonds is 12. The monoisotopic (exact) mass is 490 g/mol. The van der Waals surface area contributed by atoms with Crippen molar-refractivity contribution in [2.45, 2.75) is 25.2 Å². The normalized spacial score (nSPS) is 17.8. The van der Waals surface area contributed by atoms with Gasteiger partial charge in [0.15, 0.2) is 0 Å². The first kappa shape index (κ1) is 24.0. The minimum absolute atomic E-state index is 0.225. The molecular formula is C28H26O8. The minimum Gasteiger partial charge on any atom is -0.493 e. The molecule has 2 atom stereocenters. The van der Waals surface area contributed by atoms with Crippen LogP contribution in [-0.2, 0) is 20.8 Å². The van der Waals surface area contributed by atoms with Crippen LogP contribution >= 0.6 is 0 Å². The van der Waals surface area contributed by atoms with Crippen LogP contribution in [0.15, 0.2) is 72.8 Å². The van der Waals surface area contributed by atoms with Gasteiger partial charge >= 0.3 is 11.9 Å². The third-order valence-electron chi connectivity index (χ3n) is 5.61. The fourth-order valence-electron chi connectivity index (χ4n) is 3.35. The summed E-state index contributed by atoms with van der Waals surface area (Å²) in [6.45, 7) is 3.20. The zero-order valence-corrected chi connectivity index (χ0v) is 19.6. The van der Waals surface area contributed by atoms with Crippen LogP contribution in [0, 0.1) is 0 Å². The molecular weight excluding hydrogens is 464 g/mol. The van der Waals surface area contributed by atoms with Gasteiger partial charge in [-0.1, -0.05) is 12.1 Å². The van der Waals surface area contributed by atoms with Crippen LogP contribution < -0.4 is 14.2 Å². The number of hydrogen-bond acceptors (Lipinski definition) is 8. The van der Waals surface area contributed by atoms with E-state index in [1.807, 2.05) is 12.1 Å². The third-order valence-corrected chi connectivity index (χ3v) is 5.61. The van der Waals surface area contributed by atoms with Crippen LogP contribution in [0.4, 0.5) is 0 Å². The van der Waals surface area contributed by atoms with Crippen LogP contribution in [0.25, 0.3) is 0 Å². The molecule has 2 aliphatic rings. The maximum absolute atomic E-state index is 12.5. The van der Waals surface area contributed by atoms with Gasteiger partial charge in [0.05, 0.1) is 50.3 Å². The Morgan fingerprint density at radius 1 is 0.694 bits per heavy atom. The highest BCUT2D eigenvalue weighted by Gasteiger charge is 2.22. The summed E-state index contributed by atoms with van der Waals surface area (Å²) in [6, 6.07) is 20.1. The molecule has 0 radical (unpaired) electrons. The molecule has 2 aliphatic heterocycles. The van der Waals surface area contributed by atoms with Crippen molar-refractivity contribution in [1.29, 1.82) is 0 Å². The topological polar surface area (TPSA) is 96.1 Å². The van der Waals surface area contributed by atoms with Crippen molar-refractivity contribution in [3.05, 3.63) is 89.5 Å². The molecule has 0 spiro atoms. The molecule has 36 heavy (non-hydrogen) atoms. The second-order valence-electron chi connectivity index (χ2n) is 8.53. The number of carbonyl (C=O) groups excluding carboxylic acids is 2. The maximum atomic E-state index is 12.5. The van der Waals surface area contributed by atoms with Gasteiger partial charge in [0.2, 0.25) is 0 Å². The predicted octanol–water partition coefficient (Wildman–Crippen LogP) is 4.21. The van der Waals surface area contributed by atoms with E-state index in [2.05, 4.69) is 0 Å². The first-order valence-electron chi connectivity index (χ1n) is 11.8. The molecule has 0 N–H and O–H groups in total. The molecule has 8 nitrogen and oxygen atoms in total. The van der Waals surface area contributed by atoms with Gasteiger partial charge in [-0.05, 0) is 66.2 Å². The second kappa shape index (κ2) is 11.3. The summed E-state index contributed by atoms with van der Waals surface area (Å²) >= 11 is 0. The average Bonchev–Trinajstić information content (AvgIpc) is 3.83. The largest absolute Gasteiger partial charge is 0.493 e. The molecule has 3 aromatic rings. The molecule has 2 unspecified atom stereocenters. The molecule has 2 fully saturated rings. The Hall–Kier alpha value is -3.72. The summed E-state index contributed by atoms with van der Waals surface area (Å²) in [5, 5.41) is 0. The van der Waals surface area contributed by atoms with E-state index in [-0.39, 0.29) is 6.10 Å². The lowest BCUT2D eigenvalue weighted by atomic mass is 10.1. The van der Waals surface area contributed by atoms with Crippen molar-refractivity contribution in [2.24, 2.45) is 0 Å². The summed E-state index contributed by atoms with van der Waals surface area (Å²) in [5.41, 5.74) is 1.61. The third kappa shape index (κ3) is 7.14. The van der Waals surface area contributed by atoms with E-state index in [1.165, 1.54) is 24.3 Å². The lowest BCUT2D eigenvalue weighted by Crippen LogP contribution is -2.11. The first-order valence-corrected chi connectivity index (χ1v) is 11.8. The minimum atomic E-state index is -0.527. The average molecular weight is 491 g/mol. The van der Waals surface area contributed by atoms with Gasteiger partial charge in [-0.2, -0.15) is 0 Å². The van der Waals surface area contributed by atoms with Gasteiger partial charge in [-0.15, -0.1) is 0 Å². The van der Waals surface area contributed by atoms with Crippen molar-refractivity contribution in [1.82, 2.24) is 0 Å². The fourth-order valence-corrected chi connectivity index (χ4v) is 3.35. The number of esters is 2. The summed E-state index contributed by atoms with van der Waals surface area (Å²) in [6.07, 6.45) is 1.41. The standard InChI is InChI=1S/C28H26O8/c29-27(35-23-7-1-19(2-8-23)15-31-16-26-18-34-26)20-3-5-21(6-4-20)28(30)36-24-11-9-22(10-12-24)32-14-13-25-17-33-25/h1-12,25-26H,13-18H2. The Morgan fingerprint density at radius 2 is 1.19 bits per heavy atom. The Morgan fingerprint density at radius 3 is 1.72 bits per heavy atom. The number of epoxide rings is 2. The van der Waals surface area contributed by atoms with Crippen molar-refractivity contribution < 1.29 is 38.0 Å². The van der Waals surface area contributed by atoms with Crippen molar-refractivity contribution in [3.63, 3.8) is 0 Å². The summed E-state index contributed by atoms with van der Waals surface area (Å²) in [7, 11) is 0. The second-order valence-corrected chi connectivity index (χ2v) is 8.53. The Labute approximate surface area is 208 Å². The van der Waals surface area contributed by atoms with Crippen molar-refractivity contribution in [2.75, 3.05) is 26.4 Å². The van der Waals surface area contributed by atoms with Gasteiger partial charge in [-0.3, -0.25) is 0 Å². The van der Waals surface area contributed by atoms with Gasteiger partial charge in [-0.25, -0.2) is 9.59 Å². The van der Waals surface area contributed by atoms with E-state index in [0.29, 0.717) is 54.3 Å². The lowest BCUT2D eigenvalue weighted by Gasteiger charge is -2.08. The fraction of sp³-hybridized carbons (Fsp3) is 0.286. The van der Waals surface area contributed by atoms with E-state index < -0.39 is 11.9 Å². The Kier molecular flexibility index (Phi) is 7.56. The predicted molar refractivity (Wildman–Crippen MR) is 128 cm³/mol. The molecule has 0 amide bonds. The molecule has 0 aromatic heterocycles. The molecule has 2 saturated heterocycles. The van der Waals surface area contributed by atoms with Crippen LogP contribution in [0.1, 0.15) is 32.7 Å². The molecule has 0 aliphatic carbocycles. The summed E-state index contributed by atoms with van der Waals surface area (Å²) in [4.78, 5) is 24.9. The summed E-state index contributed by atoms with van der Waals surface area (Å²) in [5.74, 6) is 0.473. The molecule has 0 saturated carbocycles. The smallest absolute Gasteiger partial charge is 0.343 e. The highest BCUT2D eigenvalue weighted by atomic mass is 16.6. The number of benzene rings is 3. The van der Waals surface area contributed by atoms with Gasteiger partial charge in [0.25, 0.3) is 0 Å². The molecule has 186 valence electrons. The maximum Gasteiger partial charge on any atom is 0.343 e. The molecule has 8 heteroatoms. The van der Waals surface area contributed by atoms with Gasteiger partial charge in [0.1, 0.15) is 23.4 Å². The quantitative estimate of drug-likeness (QED) is 0.212. The molecule has 2 heterocycles. The summed E-state index contributed by atoms with van der Waals surface area (Å²) < 4.78 is 32.3. The SMILES string of the molecule is O=C(Oc1ccc(COCC2CO2)cc1)c1ccc(C(=O)Oc2ccc(OCCC3CO3)cc2)cc1. The van der Waals surface area contributed by atoms with Gasteiger partial charge < -0.3 is 28.4 Å². The first-order chi connectivity index (χ1) is 17.6. The van der Waals surface area contributed by atoms with Crippen LogP contribution in [-0.4, -0.2) is 50.6 Å². The molecule has 0 bridgehead atoms. The number of hydrogen-bond donors (Lipinski definition) is 0. The van der Waals surface area contributed by atoms with E-state index in [0.717, 1.165) is 25.2 Å². The zero-order valence-electron chi connectivity index (χ0n) is 19.6. The van der Waals surface area contributed by atoms with Crippen molar-refractivity contribution >= 4 is 11.9 Å². The highest BCUT2D eigenvalue weighted by molar-refractivity contribution is 5.94. The van der Waals surface area contributed by atoms with E-state index in [4.69, 9.17) is 28.4 Å². The number of carbonyl (C=O) groups is 2. The zero-order chi connectivity index (χ0) is 24.7. The van der Waals surface area contributed by atoms with E-state index in [9.17, 15) is 9.59 Å². The lowest BCUT2D eigenvalue weighted by molar-refractivity contribution is 0.0720. The van der Waals surface area contributed by atoms with Crippen molar-refractivity contribution in [3.8, 4) is 17.2 Å². The number of ether oxygens (including phenoxy) is 6. The highest BCUT2D eigenvalue weighted by Crippen LogP contribution is 2.21.